The largest absolute Gasteiger partial charge is 0.361 e. The molecule has 3 aromatic heterocycles. The number of benzene rings is 1. The second-order valence-electron chi connectivity index (χ2n) is 7.15. The monoisotopic (exact) mass is 377 g/mol. The number of rotatable bonds is 6. The van der Waals surface area contributed by atoms with E-state index in [1.54, 1.807) is 0 Å². The van der Waals surface area contributed by atoms with Crippen molar-refractivity contribution in [1.82, 2.24) is 25.1 Å². The molecule has 28 heavy (non-hydrogen) atoms. The van der Waals surface area contributed by atoms with Gasteiger partial charge in [-0.1, -0.05) is 12.1 Å². The summed E-state index contributed by atoms with van der Waals surface area (Å²) in [5.41, 5.74) is 3.25. The lowest BCUT2D eigenvalue weighted by Gasteiger charge is -2.16. The van der Waals surface area contributed by atoms with Crippen LogP contribution in [0.25, 0.3) is 10.9 Å². The van der Waals surface area contributed by atoms with Crippen LogP contribution in [-0.2, 0) is 0 Å². The summed E-state index contributed by atoms with van der Waals surface area (Å²) in [6.07, 6.45) is 5.42. The Balaban J connectivity index is 1.36. The van der Waals surface area contributed by atoms with Crippen LogP contribution in [0.4, 0.5) is 22.0 Å². The molecule has 5 rings (SSSR count). The van der Waals surface area contributed by atoms with Gasteiger partial charge < -0.3 is 15.6 Å². The highest BCUT2D eigenvalue weighted by Crippen LogP contribution is 2.39. The summed E-state index contributed by atoms with van der Waals surface area (Å²) in [4.78, 5) is 11.6. The Kier molecular flexibility index (Phi) is 3.96. The molecule has 7 nitrogen and oxygen atoms in total. The molecule has 4 aromatic rings. The molecule has 1 aromatic carbocycles. The highest BCUT2D eigenvalue weighted by atomic mass is 19.1. The molecule has 0 radical (unpaired) electrons. The van der Waals surface area contributed by atoms with E-state index < -0.39 is 5.82 Å². The van der Waals surface area contributed by atoms with Gasteiger partial charge in [0.15, 0.2) is 17.5 Å². The first-order chi connectivity index (χ1) is 13.7. The SMILES string of the molecule is CC(Nc1ncc(F)c(Nc2cc(C3CC3)[nH]n2)n1)c1cccc2[nH]ccc12. The molecule has 1 unspecified atom stereocenters. The van der Waals surface area contributed by atoms with Crippen LogP contribution in [0.3, 0.4) is 0 Å². The maximum absolute atomic E-state index is 14.2. The van der Waals surface area contributed by atoms with Gasteiger partial charge in [0.2, 0.25) is 5.95 Å². The molecule has 1 aliphatic rings. The maximum atomic E-state index is 14.2. The number of fused-ring (bicyclic) bond motifs is 1. The highest BCUT2D eigenvalue weighted by molar-refractivity contribution is 5.83. The minimum Gasteiger partial charge on any atom is -0.361 e. The predicted octanol–water partition coefficient (Wildman–Crippen LogP) is 4.61. The molecule has 1 fully saturated rings. The Morgan fingerprint density at radius 2 is 2.14 bits per heavy atom. The maximum Gasteiger partial charge on any atom is 0.225 e. The lowest BCUT2D eigenvalue weighted by Crippen LogP contribution is -2.11. The van der Waals surface area contributed by atoms with Crippen LogP contribution in [-0.4, -0.2) is 25.1 Å². The first-order valence-electron chi connectivity index (χ1n) is 9.35. The number of hydrogen-bond donors (Lipinski definition) is 4. The van der Waals surface area contributed by atoms with E-state index in [2.05, 4.69) is 41.8 Å². The second kappa shape index (κ2) is 6.63. The molecule has 8 heteroatoms. The van der Waals surface area contributed by atoms with Crippen LogP contribution in [0.2, 0.25) is 0 Å². The molecule has 1 saturated carbocycles. The Labute approximate surface area is 160 Å². The number of H-pyrrole nitrogens is 2. The van der Waals surface area contributed by atoms with E-state index in [-0.39, 0.29) is 11.9 Å². The quantitative estimate of drug-likeness (QED) is 0.393. The minimum atomic E-state index is -0.526. The van der Waals surface area contributed by atoms with Gasteiger partial charge in [-0.15, -0.1) is 0 Å². The molecule has 142 valence electrons. The zero-order valence-electron chi connectivity index (χ0n) is 15.3. The van der Waals surface area contributed by atoms with E-state index in [0.717, 1.165) is 28.4 Å². The average molecular weight is 377 g/mol. The summed E-state index contributed by atoms with van der Waals surface area (Å²) in [6, 6.07) is 9.98. The van der Waals surface area contributed by atoms with Gasteiger partial charge >= 0.3 is 0 Å². The molecule has 0 aliphatic heterocycles. The summed E-state index contributed by atoms with van der Waals surface area (Å²) in [5, 5.41) is 14.5. The minimum absolute atomic E-state index is 0.0512. The van der Waals surface area contributed by atoms with Crippen molar-refractivity contribution in [2.24, 2.45) is 0 Å². The summed E-state index contributed by atoms with van der Waals surface area (Å²) in [6.45, 7) is 2.03. The Bertz CT molecular complexity index is 1130. The topological polar surface area (TPSA) is 94.3 Å². The predicted molar refractivity (Wildman–Crippen MR) is 106 cm³/mol. The Hall–Kier alpha value is -3.42. The van der Waals surface area contributed by atoms with E-state index in [9.17, 15) is 4.39 Å². The molecule has 0 saturated heterocycles. The van der Waals surface area contributed by atoms with Crippen molar-refractivity contribution in [2.45, 2.75) is 31.7 Å². The Morgan fingerprint density at radius 3 is 3.00 bits per heavy atom. The van der Waals surface area contributed by atoms with Gasteiger partial charge in [-0.05, 0) is 37.5 Å². The van der Waals surface area contributed by atoms with Crippen LogP contribution in [0.15, 0.2) is 42.7 Å². The molecule has 4 N–H and O–H groups in total. The molecule has 1 aliphatic carbocycles. The normalized spacial score (nSPS) is 14.9. The number of nitrogens with one attached hydrogen (secondary N) is 4. The van der Waals surface area contributed by atoms with Gasteiger partial charge in [0.1, 0.15) is 0 Å². The second-order valence-corrected chi connectivity index (χ2v) is 7.15. The van der Waals surface area contributed by atoms with Crippen molar-refractivity contribution in [3.05, 3.63) is 59.8 Å². The standard InChI is InChI=1S/C20H20FN7/c1-11(13-3-2-4-16-14(13)7-8-22-16)24-20-23-10-15(21)19(26-20)25-18-9-17(27-28-18)12-5-6-12/h2-4,7-12,22H,5-6H2,1H3,(H3,23,24,25,26,27,28). The number of aromatic nitrogens is 5. The third kappa shape index (κ3) is 3.17. The van der Waals surface area contributed by atoms with E-state index in [0.29, 0.717) is 17.7 Å². The fraction of sp³-hybridized carbons (Fsp3) is 0.250. The van der Waals surface area contributed by atoms with Gasteiger partial charge in [0.05, 0.1) is 12.2 Å². The molecular weight excluding hydrogens is 357 g/mol. The zero-order chi connectivity index (χ0) is 19.1. The van der Waals surface area contributed by atoms with Crippen molar-refractivity contribution in [1.29, 1.82) is 0 Å². The third-order valence-corrected chi connectivity index (χ3v) is 5.05. The molecule has 0 amide bonds. The molecular formula is C20H20FN7. The van der Waals surface area contributed by atoms with E-state index in [1.165, 1.54) is 12.8 Å². The van der Waals surface area contributed by atoms with Crippen molar-refractivity contribution in [2.75, 3.05) is 10.6 Å². The molecule has 3 heterocycles. The Morgan fingerprint density at radius 1 is 1.25 bits per heavy atom. The summed E-state index contributed by atoms with van der Waals surface area (Å²) >= 11 is 0. The number of aromatic amines is 2. The van der Waals surface area contributed by atoms with Crippen LogP contribution < -0.4 is 10.6 Å². The van der Waals surface area contributed by atoms with E-state index in [1.807, 2.05) is 37.4 Å². The van der Waals surface area contributed by atoms with E-state index in [4.69, 9.17) is 0 Å². The van der Waals surface area contributed by atoms with Crippen molar-refractivity contribution < 1.29 is 4.39 Å². The van der Waals surface area contributed by atoms with Crippen LogP contribution >= 0.6 is 0 Å². The van der Waals surface area contributed by atoms with Crippen LogP contribution in [0, 0.1) is 5.82 Å². The van der Waals surface area contributed by atoms with Gasteiger partial charge in [0.25, 0.3) is 0 Å². The zero-order valence-corrected chi connectivity index (χ0v) is 15.3. The first kappa shape index (κ1) is 16.7. The summed E-state index contributed by atoms with van der Waals surface area (Å²) in [5.74, 6) is 1.02. The number of hydrogen-bond acceptors (Lipinski definition) is 5. The molecule has 0 bridgehead atoms. The van der Waals surface area contributed by atoms with Crippen LogP contribution in [0.1, 0.15) is 43.0 Å². The van der Waals surface area contributed by atoms with E-state index >= 15 is 0 Å². The van der Waals surface area contributed by atoms with Crippen molar-refractivity contribution >= 4 is 28.5 Å². The fourth-order valence-corrected chi connectivity index (χ4v) is 3.41. The first-order valence-corrected chi connectivity index (χ1v) is 9.35. The number of nitrogens with zero attached hydrogens (tertiary/aromatic N) is 3. The summed E-state index contributed by atoms with van der Waals surface area (Å²) < 4.78 is 14.2. The highest BCUT2D eigenvalue weighted by Gasteiger charge is 2.25. The average Bonchev–Trinajstić information content (AvgIpc) is 3.24. The number of halogens is 1. The van der Waals surface area contributed by atoms with Crippen molar-refractivity contribution in [3.8, 4) is 0 Å². The smallest absolute Gasteiger partial charge is 0.225 e. The summed E-state index contributed by atoms with van der Waals surface area (Å²) in [7, 11) is 0. The fourth-order valence-electron chi connectivity index (χ4n) is 3.41. The van der Waals surface area contributed by atoms with Crippen molar-refractivity contribution in [3.63, 3.8) is 0 Å². The third-order valence-electron chi connectivity index (χ3n) is 5.05. The van der Waals surface area contributed by atoms with Gasteiger partial charge in [-0.3, -0.25) is 5.10 Å². The van der Waals surface area contributed by atoms with Gasteiger partial charge in [-0.25, -0.2) is 9.37 Å². The lowest BCUT2D eigenvalue weighted by molar-refractivity contribution is 0.618. The van der Waals surface area contributed by atoms with Crippen LogP contribution in [0.5, 0.6) is 0 Å². The van der Waals surface area contributed by atoms with Gasteiger partial charge in [-0.2, -0.15) is 10.1 Å². The molecule has 0 spiro atoms. The lowest BCUT2D eigenvalue weighted by atomic mass is 10.0. The number of anilines is 3. The molecule has 1 atom stereocenters. The van der Waals surface area contributed by atoms with Gasteiger partial charge in [0, 0.05) is 34.8 Å².